The maximum atomic E-state index is 12.1. The maximum Gasteiger partial charge on any atom is 0.236 e. The summed E-state index contributed by atoms with van der Waals surface area (Å²) in [5.41, 5.74) is 0. The van der Waals surface area contributed by atoms with Crippen molar-refractivity contribution in [1.82, 2.24) is 9.80 Å². The van der Waals surface area contributed by atoms with E-state index in [0.29, 0.717) is 19.6 Å². The van der Waals surface area contributed by atoms with Crippen LogP contribution in [0.4, 0.5) is 0 Å². The summed E-state index contributed by atoms with van der Waals surface area (Å²) in [4.78, 5) is 15.9. The van der Waals surface area contributed by atoms with Gasteiger partial charge in [-0.2, -0.15) is 5.26 Å². The average molecular weight is 253 g/mol. The summed E-state index contributed by atoms with van der Waals surface area (Å²) in [5.74, 6) is -0.0481. The standard InChI is InChI=1S/C13H23N3O2/c1-3-16(9-11(2)8-14)13(18)10-15-6-4-12(17)5-7-15/h11-12,17H,3-7,9-10H2,1-2H3. The van der Waals surface area contributed by atoms with Crippen LogP contribution in [0, 0.1) is 17.2 Å². The smallest absolute Gasteiger partial charge is 0.236 e. The fourth-order valence-corrected chi connectivity index (χ4v) is 2.15. The number of rotatable bonds is 5. The van der Waals surface area contributed by atoms with Crippen LogP contribution in [-0.4, -0.2) is 59.6 Å². The van der Waals surface area contributed by atoms with Crippen LogP contribution in [0.5, 0.6) is 0 Å². The molecule has 0 saturated carbocycles. The molecule has 0 aliphatic carbocycles. The lowest BCUT2D eigenvalue weighted by molar-refractivity contribution is -0.133. The summed E-state index contributed by atoms with van der Waals surface area (Å²) in [6.07, 6.45) is 1.28. The topological polar surface area (TPSA) is 67.6 Å². The highest BCUT2D eigenvalue weighted by Gasteiger charge is 2.22. The lowest BCUT2D eigenvalue weighted by Crippen LogP contribution is -2.45. The van der Waals surface area contributed by atoms with E-state index in [9.17, 15) is 9.90 Å². The second-order valence-electron chi connectivity index (χ2n) is 4.97. The normalized spacial score (nSPS) is 19.2. The highest BCUT2D eigenvalue weighted by atomic mass is 16.3. The highest BCUT2D eigenvalue weighted by molar-refractivity contribution is 5.78. The number of carbonyl (C=O) groups is 1. The number of likely N-dealkylation sites (N-methyl/N-ethyl adjacent to an activating group) is 1. The molecule has 1 aliphatic rings. The molecule has 18 heavy (non-hydrogen) atoms. The Balaban J connectivity index is 2.40. The molecule has 102 valence electrons. The molecule has 0 radical (unpaired) electrons. The molecule has 1 amide bonds. The first-order valence-electron chi connectivity index (χ1n) is 6.64. The van der Waals surface area contributed by atoms with Crippen LogP contribution in [0.15, 0.2) is 0 Å². The zero-order chi connectivity index (χ0) is 13.5. The Morgan fingerprint density at radius 3 is 2.67 bits per heavy atom. The number of aliphatic hydroxyl groups excluding tert-OH is 1. The van der Waals surface area contributed by atoms with Gasteiger partial charge in [0.05, 0.1) is 24.6 Å². The maximum absolute atomic E-state index is 12.1. The van der Waals surface area contributed by atoms with Crippen molar-refractivity contribution in [3.05, 3.63) is 0 Å². The minimum Gasteiger partial charge on any atom is -0.393 e. The van der Waals surface area contributed by atoms with Gasteiger partial charge >= 0.3 is 0 Å². The number of hydrogen-bond donors (Lipinski definition) is 1. The molecule has 1 aliphatic heterocycles. The van der Waals surface area contributed by atoms with Crippen LogP contribution in [0.3, 0.4) is 0 Å². The Hall–Kier alpha value is -1.12. The van der Waals surface area contributed by atoms with E-state index in [4.69, 9.17) is 5.26 Å². The van der Waals surface area contributed by atoms with Crippen molar-refractivity contribution in [3.8, 4) is 6.07 Å². The molecular weight excluding hydrogens is 230 g/mol. The van der Waals surface area contributed by atoms with Crippen molar-refractivity contribution in [1.29, 1.82) is 5.26 Å². The molecular formula is C13H23N3O2. The molecule has 5 nitrogen and oxygen atoms in total. The highest BCUT2D eigenvalue weighted by Crippen LogP contribution is 2.10. The second-order valence-corrected chi connectivity index (χ2v) is 4.97. The molecule has 0 bridgehead atoms. The van der Waals surface area contributed by atoms with E-state index >= 15 is 0 Å². The SMILES string of the molecule is CCN(CC(C)C#N)C(=O)CN1CCC(O)CC1. The molecule has 1 atom stereocenters. The van der Waals surface area contributed by atoms with Crippen molar-refractivity contribution in [2.45, 2.75) is 32.8 Å². The van der Waals surface area contributed by atoms with Gasteiger partial charge < -0.3 is 10.0 Å². The minimum atomic E-state index is -0.211. The lowest BCUT2D eigenvalue weighted by Gasteiger charge is -2.31. The summed E-state index contributed by atoms with van der Waals surface area (Å²) < 4.78 is 0. The van der Waals surface area contributed by atoms with Crippen LogP contribution in [-0.2, 0) is 4.79 Å². The van der Waals surface area contributed by atoms with Gasteiger partial charge in [-0.05, 0) is 26.7 Å². The van der Waals surface area contributed by atoms with E-state index < -0.39 is 0 Å². The summed E-state index contributed by atoms with van der Waals surface area (Å²) in [6.45, 7) is 6.86. The Labute approximate surface area is 109 Å². The Morgan fingerprint density at radius 2 is 2.17 bits per heavy atom. The van der Waals surface area contributed by atoms with Crippen LogP contribution in [0.2, 0.25) is 0 Å². The van der Waals surface area contributed by atoms with Crippen molar-refractivity contribution in [2.24, 2.45) is 5.92 Å². The number of aliphatic hydroxyl groups is 1. The molecule has 1 N–H and O–H groups in total. The Bertz CT molecular complexity index is 306. The van der Waals surface area contributed by atoms with Crippen molar-refractivity contribution >= 4 is 5.91 Å². The fourth-order valence-electron chi connectivity index (χ4n) is 2.15. The van der Waals surface area contributed by atoms with Crippen molar-refractivity contribution < 1.29 is 9.90 Å². The van der Waals surface area contributed by atoms with Crippen molar-refractivity contribution in [3.63, 3.8) is 0 Å². The van der Waals surface area contributed by atoms with E-state index in [0.717, 1.165) is 25.9 Å². The van der Waals surface area contributed by atoms with E-state index in [1.54, 1.807) is 4.90 Å². The van der Waals surface area contributed by atoms with Crippen molar-refractivity contribution in [2.75, 3.05) is 32.7 Å². The van der Waals surface area contributed by atoms with E-state index in [1.165, 1.54) is 0 Å². The summed E-state index contributed by atoms with van der Waals surface area (Å²) in [7, 11) is 0. The van der Waals surface area contributed by atoms with E-state index in [1.807, 2.05) is 13.8 Å². The third kappa shape index (κ3) is 4.63. The van der Waals surface area contributed by atoms with Gasteiger partial charge in [0.1, 0.15) is 0 Å². The van der Waals surface area contributed by atoms with Gasteiger partial charge in [0, 0.05) is 26.2 Å². The first kappa shape index (κ1) is 14.9. The number of nitrogens with zero attached hydrogens (tertiary/aromatic N) is 3. The molecule has 1 rings (SSSR count). The van der Waals surface area contributed by atoms with Gasteiger partial charge in [-0.1, -0.05) is 0 Å². The van der Waals surface area contributed by atoms with Gasteiger partial charge in [0.15, 0.2) is 0 Å². The summed E-state index contributed by atoms with van der Waals surface area (Å²) in [5, 5.41) is 18.2. The second kappa shape index (κ2) is 7.34. The molecule has 1 heterocycles. The number of hydrogen-bond acceptors (Lipinski definition) is 4. The van der Waals surface area contributed by atoms with Crippen LogP contribution >= 0.6 is 0 Å². The summed E-state index contributed by atoms with van der Waals surface area (Å²) >= 11 is 0. The molecule has 1 fully saturated rings. The molecule has 0 aromatic rings. The number of likely N-dealkylation sites (tertiary alicyclic amines) is 1. The molecule has 1 unspecified atom stereocenters. The van der Waals surface area contributed by atoms with Gasteiger partial charge in [0.2, 0.25) is 5.91 Å². The van der Waals surface area contributed by atoms with Crippen LogP contribution in [0.1, 0.15) is 26.7 Å². The van der Waals surface area contributed by atoms with E-state index in [2.05, 4.69) is 11.0 Å². The predicted octanol–water partition coefficient (Wildman–Crippen LogP) is 0.451. The monoisotopic (exact) mass is 253 g/mol. The molecule has 0 aromatic heterocycles. The van der Waals surface area contributed by atoms with Gasteiger partial charge in [-0.15, -0.1) is 0 Å². The van der Waals surface area contributed by atoms with Crippen LogP contribution < -0.4 is 0 Å². The largest absolute Gasteiger partial charge is 0.393 e. The first-order valence-corrected chi connectivity index (χ1v) is 6.64. The molecule has 0 aromatic carbocycles. The number of nitriles is 1. The predicted molar refractivity (Wildman–Crippen MR) is 68.7 cm³/mol. The van der Waals surface area contributed by atoms with Gasteiger partial charge in [-0.25, -0.2) is 0 Å². The molecule has 0 spiro atoms. The molecule has 1 saturated heterocycles. The van der Waals surface area contributed by atoms with E-state index in [-0.39, 0.29) is 17.9 Å². The summed E-state index contributed by atoms with van der Waals surface area (Å²) in [6, 6.07) is 2.15. The zero-order valence-corrected chi connectivity index (χ0v) is 11.3. The quantitative estimate of drug-likeness (QED) is 0.772. The Morgan fingerprint density at radius 1 is 1.56 bits per heavy atom. The first-order chi connectivity index (χ1) is 8.56. The van der Waals surface area contributed by atoms with Crippen LogP contribution in [0.25, 0.3) is 0 Å². The zero-order valence-electron chi connectivity index (χ0n) is 11.3. The number of carbonyl (C=O) groups excluding carboxylic acids is 1. The lowest BCUT2D eigenvalue weighted by atomic mass is 10.1. The number of piperidine rings is 1. The van der Waals surface area contributed by atoms with Gasteiger partial charge in [-0.3, -0.25) is 9.69 Å². The Kier molecular flexibility index (Phi) is 6.10. The average Bonchev–Trinajstić information content (AvgIpc) is 2.38. The third-order valence-electron chi connectivity index (χ3n) is 3.37. The number of amides is 1. The van der Waals surface area contributed by atoms with Gasteiger partial charge in [0.25, 0.3) is 0 Å². The third-order valence-corrected chi connectivity index (χ3v) is 3.37. The molecule has 5 heteroatoms. The minimum absolute atomic E-state index is 0.0796. The fraction of sp³-hybridized carbons (Fsp3) is 0.846.